The van der Waals surface area contributed by atoms with Crippen LogP contribution < -0.4 is 0 Å². The summed E-state index contributed by atoms with van der Waals surface area (Å²) in [6.45, 7) is 5.43. The molecule has 2 rings (SSSR count). The molecule has 1 fully saturated rings. The van der Waals surface area contributed by atoms with Gasteiger partial charge in [0.1, 0.15) is 0 Å². The molecule has 0 bridgehead atoms. The second kappa shape index (κ2) is 6.94. The molecular formula is C17H26O. The van der Waals surface area contributed by atoms with Crippen molar-refractivity contribution in [3.63, 3.8) is 0 Å². The Kier molecular flexibility index (Phi) is 5.25. The van der Waals surface area contributed by atoms with Crippen molar-refractivity contribution in [1.29, 1.82) is 0 Å². The first kappa shape index (κ1) is 13.6. The van der Waals surface area contributed by atoms with Gasteiger partial charge in [0.2, 0.25) is 0 Å². The predicted octanol–water partition coefficient (Wildman–Crippen LogP) is 4.81. The van der Waals surface area contributed by atoms with Gasteiger partial charge in [0, 0.05) is 0 Å². The zero-order chi connectivity index (χ0) is 12.8. The smallest absolute Gasteiger partial charge is 0.0720 e. The third-order valence-electron chi connectivity index (χ3n) is 3.87. The molecule has 1 aliphatic carbocycles. The van der Waals surface area contributed by atoms with Crippen molar-refractivity contribution in [2.45, 2.75) is 58.7 Å². The highest BCUT2D eigenvalue weighted by Crippen LogP contribution is 2.31. The van der Waals surface area contributed by atoms with Crippen LogP contribution in [0, 0.1) is 11.8 Å². The first-order chi connectivity index (χ1) is 8.74. The Morgan fingerprint density at radius 3 is 2.67 bits per heavy atom. The maximum Gasteiger partial charge on any atom is 0.0720 e. The van der Waals surface area contributed by atoms with E-state index < -0.39 is 0 Å². The molecular weight excluding hydrogens is 220 g/mol. The Labute approximate surface area is 112 Å². The minimum absolute atomic E-state index is 0.489. The molecule has 2 atom stereocenters. The molecule has 1 aliphatic rings. The van der Waals surface area contributed by atoms with Crippen LogP contribution in [0.1, 0.15) is 51.5 Å². The fraction of sp³-hybridized carbons (Fsp3) is 0.647. The Morgan fingerprint density at radius 1 is 1.17 bits per heavy atom. The van der Waals surface area contributed by atoms with Gasteiger partial charge < -0.3 is 4.74 Å². The molecule has 0 aliphatic heterocycles. The minimum Gasteiger partial charge on any atom is -0.374 e. The molecule has 0 N–H and O–H groups in total. The Hall–Kier alpha value is -0.820. The molecule has 1 aromatic carbocycles. The Morgan fingerprint density at radius 2 is 1.94 bits per heavy atom. The molecule has 0 heterocycles. The topological polar surface area (TPSA) is 9.23 Å². The van der Waals surface area contributed by atoms with Crippen molar-refractivity contribution in [2.24, 2.45) is 11.8 Å². The molecule has 0 aromatic heterocycles. The fourth-order valence-corrected chi connectivity index (χ4v) is 3.06. The van der Waals surface area contributed by atoms with Gasteiger partial charge in [-0.1, -0.05) is 57.0 Å². The van der Waals surface area contributed by atoms with Crippen LogP contribution in [0.2, 0.25) is 0 Å². The van der Waals surface area contributed by atoms with Crippen LogP contribution in [0.3, 0.4) is 0 Å². The minimum atomic E-state index is 0.489. The zero-order valence-electron chi connectivity index (χ0n) is 11.8. The molecule has 0 spiro atoms. The van der Waals surface area contributed by atoms with E-state index in [0.717, 1.165) is 18.4 Å². The number of ether oxygens (including phenoxy) is 1. The molecule has 0 unspecified atom stereocenters. The molecule has 18 heavy (non-hydrogen) atoms. The van der Waals surface area contributed by atoms with Gasteiger partial charge in [0.05, 0.1) is 12.7 Å². The van der Waals surface area contributed by atoms with Crippen LogP contribution in [-0.4, -0.2) is 6.10 Å². The van der Waals surface area contributed by atoms with E-state index in [4.69, 9.17) is 4.74 Å². The highest BCUT2D eigenvalue weighted by Gasteiger charge is 2.22. The molecule has 1 aromatic rings. The van der Waals surface area contributed by atoms with E-state index in [1.165, 1.54) is 37.7 Å². The van der Waals surface area contributed by atoms with E-state index in [-0.39, 0.29) is 0 Å². The number of benzene rings is 1. The lowest BCUT2D eigenvalue weighted by Gasteiger charge is -2.30. The monoisotopic (exact) mass is 246 g/mol. The van der Waals surface area contributed by atoms with E-state index >= 15 is 0 Å². The first-order valence-electron chi connectivity index (χ1n) is 7.39. The van der Waals surface area contributed by atoms with Crippen molar-refractivity contribution < 1.29 is 4.74 Å². The summed E-state index contributed by atoms with van der Waals surface area (Å²) in [5.74, 6) is 1.71. The van der Waals surface area contributed by atoms with Crippen LogP contribution in [0.4, 0.5) is 0 Å². The highest BCUT2D eigenvalue weighted by molar-refractivity contribution is 5.13. The van der Waals surface area contributed by atoms with Gasteiger partial charge in [-0.05, 0) is 36.7 Å². The van der Waals surface area contributed by atoms with Gasteiger partial charge in [-0.25, -0.2) is 0 Å². The van der Waals surface area contributed by atoms with Gasteiger partial charge in [-0.3, -0.25) is 0 Å². The van der Waals surface area contributed by atoms with Crippen molar-refractivity contribution >= 4 is 0 Å². The molecule has 1 saturated carbocycles. The van der Waals surface area contributed by atoms with Crippen molar-refractivity contribution in [2.75, 3.05) is 0 Å². The average molecular weight is 246 g/mol. The van der Waals surface area contributed by atoms with Crippen molar-refractivity contribution in [1.82, 2.24) is 0 Å². The summed E-state index contributed by atoms with van der Waals surface area (Å²) < 4.78 is 6.08. The summed E-state index contributed by atoms with van der Waals surface area (Å²) in [4.78, 5) is 0. The second-order valence-electron chi connectivity index (χ2n) is 6.08. The SMILES string of the molecule is CC(C)C[C@H]1CCC[C@@H](OCc2ccccc2)C1. The third-order valence-corrected chi connectivity index (χ3v) is 3.87. The highest BCUT2D eigenvalue weighted by atomic mass is 16.5. The second-order valence-corrected chi connectivity index (χ2v) is 6.08. The summed E-state index contributed by atoms with van der Waals surface area (Å²) in [6.07, 6.45) is 7.13. The van der Waals surface area contributed by atoms with Crippen LogP contribution in [0.25, 0.3) is 0 Å². The third kappa shape index (κ3) is 4.45. The fourth-order valence-electron chi connectivity index (χ4n) is 3.06. The van der Waals surface area contributed by atoms with E-state index in [0.29, 0.717) is 6.10 Å². The standard InChI is InChI=1S/C17H26O/c1-14(2)11-16-9-6-10-17(12-16)18-13-15-7-4-3-5-8-15/h3-5,7-8,14,16-17H,6,9-13H2,1-2H3/t16-,17-/m1/s1. The molecule has 1 heteroatoms. The summed E-state index contributed by atoms with van der Waals surface area (Å²) in [6, 6.07) is 10.5. The summed E-state index contributed by atoms with van der Waals surface area (Å²) in [7, 11) is 0. The van der Waals surface area contributed by atoms with E-state index in [9.17, 15) is 0 Å². The normalized spacial score (nSPS) is 24.4. The lowest BCUT2D eigenvalue weighted by atomic mass is 9.82. The molecule has 100 valence electrons. The van der Waals surface area contributed by atoms with Gasteiger partial charge in [-0.15, -0.1) is 0 Å². The molecule has 0 radical (unpaired) electrons. The number of hydrogen-bond acceptors (Lipinski definition) is 1. The largest absolute Gasteiger partial charge is 0.374 e. The van der Waals surface area contributed by atoms with Gasteiger partial charge in [0.25, 0.3) is 0 Å². The first-order valence-corrected chi connectivity index (χ1v) is 7.39. The summed E-state index contributed by atoms with van der Waals surface area (Å²) >= 11 is 0. The average Bonchev–Trinajstić information content (AvgIpc) is 2.37. The van der Waals surface area contributed by atoms with Crippen LogP contribution in [0.15, 0.2) is 30.3 Å². The Balaban J connectivity index is 1.76. The molecule has 0 saturated heterocycles. The van der Waals surface area contributed by atoms with Crippen molar-refractivity contribution in [3.05, 3.63) is 35.9 Å². The zero-order valence-corrected chi connectivity index (χ0v) is 11.8. The van der Waals surface area contributed by atoms with Gasteiger partial charge in [-0.2, -0.15) is 0 Å². The molecule has 0 amide bonds. The lowest BCUT2D eigenvalue weighted by Crippen LogP contribution is -2.23. The Bertz CT molecular complexity index is 331. The summed E-state index contributed by atoms with van der Waals surface area (Å²) in [5.41, 5.74) is 1.29. The van der Waals surface area contributed by atoms with E-state index in [1.807, 2.05) is 0 Å². The van der Waals surface area contributed by atoms with Crippen LogP contribution in [0.5, 0.6) is 0 Å². The maximum atomic E-state index is 6.08. The van der Waals surface area contributed by atoms with Crippen LogP contribution >= 0.6 is 0 Å². The lowest BCUT2D eigenvalue weighted by molar-refractivity contribution is -0.000439. The van der Waals surface area contributed by atoms with Crippen molar-refractivity contribution in [3.8, 4) is 0 Å². The van der Waals surface area contributed by atoms with Crippen LogP contribution in [-0.2, 0) is 11.3 Å². The number of rotatable bonds is 5. The quantitative estimate of drug-likeness (QED) is 0.724. The summed E-state index contributed by atoms with van der Waals surface area (Å²) in [5, 5.41) is 0. The van der Waals surface area contributed by atoms with Gasteiger partial charge >= 0.3 is 0 Å². The maximum absolute atomic E-state index is 6.08. The predicted molar refractivity (Wildman–Crippen MR) is 76.4 cm³/mol. The number of hydrogen-bond donors (Lipinski definition) is 0. The van der Waals surface area contributed by atoms with Gasteiger partial charge in [0.15, 0.2) is 0 Å². The molecule has 1 nitrogen and oxygen atoms in total. The van der Waals surface area contributed by atoms with E-state index in [1.54, 1.807) is 0 Å². The van der Waals surface area contributed by atoms with E-state index in [2.05, 4.69) is 44.2 Å².